The molecule has 0 heterocycles. The highest BCUT2D eigenvalue weighted by atomic mass is 32.1. The number of benzene rings is 1. The van der Waals surface area contributed by atoms with E-state index in [-0.39, 0.29) is 6.29 Å². The van der Waals surface area contributed by atoms with Crippen LogP contribution >= 0.6 is 12.2 Å². The highest BCUT2D eigenvalue weighted by Gasteiger charge is 2.00. The van der Waals surface area contributed by atoms with E-state index in [1.807, 2.05) is 24.3 Å². The smallest absolute Gasteiger partial charge is 0.284 e. The number of nitrogens with one attached hydrogen (secondary N) is 1. The van der Waals surface area contributed by atoms with Crippen molar-refractivity contribution in [2.45, 2.75) is 6.54 Å². The Bertz CT molecular complexity index is 363. The third-order valence-corrected chi connectivity index (χ3v) is 2.00. The Morgan fingerprint density at radius 2 is 2.14 bits per heavy atom. The first kappa shape index (κ1) is 10.5. The van der Waals surface area contributed by atoms with E-state index in [4.69, 9.17) is 12.2 Å². The van der Waals surface area contributed by atoms with Gasteiger partial charge in [-0.1, -0.05) is 36.5 Å². The first-order valence-electron chi connectivity index (χ1n) is 4.04. The lowest BCUT2D eigenvalue weighted by molar-refractivity contribution is -0.131. The number of rotatable bonds is 4. The first-order valence-corrected chi connectivity index (χ1v) is 4.51. The van der Waals surface area contributed by atoms with Gasteiger partial charge in [-0.05, 0) is 11.1 Å². The molecule has 0 unspecified atom stereocenters. The van der Waals surface area contributed by atoms with Gasteiger partial charge in [0, 0.05) is 11.9 Å². The van der Waals surface area contributed by atoms with Crippen LogP contribution in [0.1, 0.15) is 11.1 Å². The van der Waals surface area contributed by atoms with Crippen LogP contribution in [-0.4, -0.2) is 17.6 Å². The van der Waals surface area contributed by atoms with Crippen molar-refractivity contribution in [3.05, 3.63) is 35.4 Å². The van der Waals surface area contributed by atoms with E-state index in [0.717, 1.165) is 11.1 Å². The van der Waals surface area contributed by atoms with Crippen LogP contribution in [0.5, 0.6) is 0 Å². The molecule has 0 radical (unpaired) electrons. The number of thiocarbonyl (C=S) groups is 1. The second-order valence-electron chi connectivity index (χ2n) is 2.65. The number of aldehydes is 1. The summed E-state index contributed by atoms with van der Waals surface area (Å²) in [6.45, 7) is 0.320. The van der Waals surface area contributed by atoms with Gasteiger partial charge in [0.15, 0.2) is 0 Å². The third kappa shape index (κ3) is 2.74. The third-order valence-electron chi connectivity index (χ3n) is 1.74. The van der Waals surface area contributed by atoms with Gasteiger partial charge in [0.05, 0.1) is 0 Å². The molecule has 0 aliphatic carbocycles. The Balaban J connectivity index is 2.70. The van der Waals surface area contributed by atoms with Crippen molar-refractivity contribution >= 4 is 29.8 Å². The average molecular weight is 207 g/mol. The lowest BCUT2D eigenvalue weighted by atomic mass is 10.1. The molecule has 0 saturated carbocycles. The van der Waals surface area contributed by atoms with Crippen LogP contribution in [0.3, 0.4) is 0 Å². The van der Waals surface area contributed by atoms with Gasteiger partial charge in [0.25, 0.3) is 5.91 Å². The Labute approximate surface area is 87.1 Å². The summed E-state index contributed by atoms with van der Waals surface area (Å²) >= 11 is 4.81. The van der Waals surface area contributed by atoms with Gasteiger partial charge in [0.2, 0.25) is 6.29 Å². The Morgan fingerprint density at radius 1 is 1.43 bits per heavy atom. The first-order chi connectivity index (χ1) is 6.77. The Kier molecular flexibility index (Phi) is 3.94. The maximum absolute atomic E-state index is 10.7. The molecule has 1 amide bonds. The standard InChI is InChI=1S/C10H9NO2S/c12-6-10(13)11-5-8-3-1-2-4-9(8)7-14/h1-4,6-7H,5H2,(H,11,13). The molecule has 0 aliphatic heterocycles. The van der Waals surface area contributed by atoms with Gasteiger partial charge >= 0.3 is 0 Å². The topological polar surface area (TPSA) is 46.2 Å². The minimum absolute atomic E-state index is 0.250. The van der Waals surface area contributed by atoms with Crippen molar-refractivity contribution < 1.29 is 9.59 Å². The summed E-state index contributed by atoms with van der Waals surface area (Å²) in [6, 6.07) is 7.42. The van der Waals surface area contributed by atoms with E-state index < -0.39 is 5.91 Å². The highest BCUT2D eigenvalue weighted by Crippen LogP contribution is 2.05. The molecular weight excluding hydrogens is 198 g/mol. The number of hydrogen-bond donors (Lipinski definition) is 1. The predicted octanol–water partition coefficient (Wildman–Crippen LogP) is 0.849. The second kappa shape index (κ2) is 5.24. The normalized spacial score (nSPS) is 9.14. The van der Waals surface area contributed by atoms with Crippen LogP contribution in [0.15, 0.2) is 24.3 Å². The van der Waals surface area contributed by atoms with E-state index in [1.54, 1.807) is 5.37 Å². The summed E-state index contributed by atoms with van der Waals surface area (Å²) in [5, 5.41) is 3.99. The zero-order chi connectivity index (χ0) is 10.4. The van der Waals surface area contributed by atoms with Crippen molar-refractivity contribution in [3.63, 3.8) is 0 Å². The van der Waals surface area contributed by atoms with Gasteiger partial charge in [0.1, 0.15) is 0 Å². The zero-order valence-electron chi connectivity index (χ0n) is 7.40. The number of hydrogen-bond acceptors (Lipinski definition) is 3. The zero-order valence-corrected chi connectivity index (χ0v) is 8.21. The summed E-state index contributed by atoms with van der Waals surface area (Å²) in [4.78, 5) is 20.7. The monoisotopic (exact) mass is 207 g/mol. The van der Waals surface area contributed by atoms with Crippen LogP contribution in [-0.2, 0) is 16.1 Å². The molecule has 0 bridgehead atoms. The molecule has 1 N–H and O–H groups in total. The average Bonchev–Trinajstić information content (AvgIpc) is 2.26. The Hall–Kier alpha value is -1.55. The maximum atomic E-state index is 10.7. The van der Waals surface area contributed by atoms with Crippen molar-refractivity contribution in [1.29, 1.82) is 0 Å². The van der Waals surface area contributed by atoms with E-state index in [0.29, 0.717) is 6.54 Å². The molecule has 4 heteroatoms. The van der Waals surface area contributed by atoms with Gasteiger partial charge in [-0.3, -0.25) is 9.59 Å². The van der Waals surface area contributed by atoms with E-state index in [9.17, 15) is 9.59 Å². The molecule has 0 saturated heterocycles. The SMILES string of the molecule is O=CC(=O)NCc1ccccc1C=S. The fraction of sp³-hybridized carbons (Fsp3) is 0.100. The summed E-state index contributed by atoms with van der Waals surface area (Å²) in [6.07, 6.45) is 0.250. The molecule has 72 valence electrons. The van der Waals surface area contributed by atoms with Gasteiger partial charge in [-0.15, -0.1) is 0 Å². The Morgan fingerprint density at radius 3 is 2.79 bits per heavy atom. The van der Waals surface area contributed by atoms with Crippen molar-refractivity contribution in [2.75, 3.05) is 0 Å². The quantitative estimate of drug-likeness (QED) is 0.452. The molecular formula is C10H9NO2S. The predicted molar refractivity (Wildman–Crippen MR) is 57.1 cm³/mol. The van der Waals surface area contributed by atoms with Crippen LogP contribution in [0.4, 0.5) is 0 Å². The van der Waals surface area contributed by atoms with Gasteiger partial charge in [-0.25, -0.2) is 0 Å². The lowest BCUT2D eigenvalue weighted by Gasteiger charge is -2.04. The van der Waals surface area contributed by atoms with Crippen LogP contribution < -0.4 is 5.32 Å². The summed E-state index contributed by atoms with van der Waals surface area (Å²) < 4.78 is 0. The molecule has 0 fully saturated rings. The number of carbonyl (C=O) groups is 2. The van der Waals surface area contributed by atoms with E-state index in [2.05, 4.69) is 5.32 Å². The second-order valence-corrected chi connectivity index (χ2v) is 2.89. The van der Waals surface area contributed by atoms with Crippen LogP contribution in [0, 0.1) is 0 Å². The summed E-state index contributed by atoms with van der Waals surface area (Å²) in [5.41, 5.74) is 1.78. The summed E-state index contributed by atoms with van der Waals surface area (Å²) in [5.74, 6) is -0.621. The van der Waals surface area contributed by atoms with Crippen LogP contribution in [0.2, 0.25) is 0 Å². The minimum Gasteiger partial charge on any atom is -0.346 e. The van der Waals surface area contributed by atoms with Crippen molar-refractivity contribution in [1.82, 2.24) is 5.32 Å². The van der Waals surface area contributed by atoms with Crippen molar-refractivity contribution in [2.24, 2.45) is 0 Å². The minimum atomic E-state index is -0.621. The van der Waals surface area contributed by atoms with E-state index in [1.165, 1.54) is 0 Å². The van der Waals surface area contributed by atoms with Crippen molar-refractivity contribution in [3.8, 4) is 0 Å². The lowest BCUT2D eigenvalue weighted by Crippen LogP contribution is -2.23. The molecule has 1 aromatic rings. The molecule has 0 aromatic heterocycles. The molecule has 0 atom stereocenters. The van der Waals surface area contributed by atoms with Crippen LogP contribution in [0.25, 0.3) is 0 Å². The largest absolute Gasteiger partial charge is 0.346 e. The number of carbonyl (C=O) groups excluding carboxylic acids is 2. The molecule has 1 aromatic carbocycles. The summed E-state index contributed by atoms with van der Waals surface area (Å²) in [7, 11) is 0. The van der Waals surface area contributed by atoms with Gasteiger partial charge in [-0.2, -0.15) is 0 Å². The fourth-order valence-electron chi connectivity index (χ4n) is 1.03. The molecule has 0 aliphatic rings. The molecule has 1 rings (SSSR count). The van der Waals surface area contributed by atoms with E-state index >= 15 is 0 Å². The molecule has 14 heavy (non-hydrogen) atoms. The van der Waals surface area contributed by atoms with Gasteiger partial charge < -0.3 is 5.32 Å². The molecule has 0 spiro atoms. The molecule has 3 nitrogen and oxygen atoms in total. The fourth-order valence-corrected chi connectivity index (χ4v) is 1.26. The maximum Gasteiger partial charge on any atom is 0.284 e. The highest BCUT2D eigenvalue weighted by molar-refractivity contribution is 7.79. The number of amides is 1.